The Hall–Kier alpha value is -4.46. The van der Waals surface area contributed by atoms with E-state index in [1.807, 2.05) is 53.2 Å². The van der Waals surface area contributed by atoms with E-state index in [2.05, 4.69) is 34.3 Å². The number of hydrogen-bond acceptors (Lipinski definition) is 5. The minimum atomic E-state index is -0.488. The summed E-state index contributed by atoms with van der Waals surface area (Å²) in [5.74, 6) is 0.365. The summed E-state index contributed by atoms with van der Waals surface area (Å²) in [5.41, 5.74) is 6.14. The van der Waals surface area contributed by atoms with Crippen LogP contribution in [-0.4, -0.2) is 37.7 Å². The molecule has 1 fully saturated rings. The van der Waals surface area contributed by atoms with Crippen LogP contribution in [0.4, 0.5) is 0 Å². The van der Waals surface area contributed by atoms with Gasteiger partial charge in [0.1, 0.15) is 23.9 Å². The first kappa shape index (κ1) is 22.0. The Labute approximate surface area is 208 Å². The quantitative estimate of drug-likeness (QED) is 0.454. The fourth-order valence-corrected chi connectivity index (χ4v) is 4.88. The van der Waals surface area contributed by atoms with Crippen LogP contribution < -0.4 is 10.1 Å². The van der Waals surface area contributed by atoms with Gasteiger partial charge in [0, 0.05) is 16.8 Å². The van der Waals surface area contributed by atoms with Gasteiger partial charge in [0.25, 0.3) is 5.91 Å². The van der Waals surface area contributed by atoms with Crippen LogP contribution in [0.2, 0.25) is 0 Å². The van der Waals surface area contributed by atoms with Crippen molar-refractivity contribution in [1.29, 1.82) is 0 Å². The zero-order valence-electron chi connectivity index (χ0n) is 19.7. The number of fused-ring (bicyclic) bond motifs is 2. The number of aromatic nitrogens is 3. The maximum atomic E-state index is 13.1. The van der Waals surface area contributed by atoms with Crippen LogP contribution in [0.5, 0.6) is 5.75 Å². The molecule has 180 valence electrons. The minimum Gasteiger partial charge on any atom is -0.489 e. The van der Waals surface area contributed by atoms with Crippen molar-refractivity contribution in [2.45, 2.75) is 38.6 Å². The van der Waals surface area contributed by atoms with Crippen LogP contribution in [0, 0.1) is 0 Å². The van der Waals surface area contributed by atoms with Crippen molar-refractivity contribution in [1.82, 2.24) is 25.2 Å². The molecule has 0 bridgehead atoms. The summed E-state index contributed by atoms with van der Waals surface area (Å²) < 4.78 is 8.03. The Morgan fingerprint density at radius 2 is 1.81 bits per heavy atom. The minimum absolute atomic E-state index is 0.131. The number of allylic oxidation sites excluding steroid dienone is 1. The molecule has 1 atom stereocenters. The van der Waals surface area contributed by atoms with Gasteiger partial charge >= 0.3 is 0 Å². The second-order valence-electron chi connectivity index (χ2n) is 9.20. The highest BCUT2D eigenvalue weighted by atomic mass is 16.5. The molecule has 8 nitrogen and oxygen atoms in total. The smallest absolute Gasteiger partial charge is 0.255 e. The number of ether oxygens (including phenoxy) is 1. The van der Waals surface area contributed by atoms with E-state index in [1.54, 1.807) is 11.0 Å². The fourth-order valence-electron chi connectivity index (χ4n) is 4.88. The number of nitrogens with zero attached hydrogens (tertiary/aromatic N) is 4. The molecule has 1 saturated heterocycles. The highest BCUT2D eigenvalue weighted by Crippen LogP contribution is 2.34. The zero-order chi connectivity index (χ0) is 24.6. The predicted molar refractivity (Wildman–Crippen MR) is 134 cm³/mol. The van der Waals surface area contributed by atoms with E-state index in [1.165, 1.54) is 0 Å². The standard InChI is InChI=1S/C28H25N5O3/c1-18-9-14-25(27(34)29-18)32-16-22-21(28(32)35)5-4-8-26(22)36-17-20-12-10-19(11-13-20)15-33-24-7-3-2-6-23(24)30-31-33/h2-8,10-13,25H,1,9,14-17H2,(H,29,34). The van der Waals surface area contributed by atoms with Crippen LogP contribution >= 0.6 is 0 Å². The van der Waals surface area contributed by atoms with Crippen molar-refractivity contribution in [3.63, 3.8) is 0 Å². The van der Waals surface area contributed by atoms with E-state index in [9.17, 15) is 9.59 Å². The second-order valence-corrected chi connectivity index (χ2v) is 9.20. The lowest BCUT2D eigenvalue weighted by atomic mass is 10.0. The van der Waals surface area contributed by atoms with Crippen molar-refractivity contribution in [3.8, 4) is 5.75 Å². The molecule has 2 amide bonds. The van der Waals surface area contributed by atoms with Gasteiger partial charge in [-0.1, -0.05) is 54.3 Å². The Bertz CT molecular complexity index is 1490. The highest BCUT2D eigenvalue weighted by molar-refractivity contribution is 6.02. The van der Waals surface area contributed by atoms with Crippen molar-refractivity contribution in [2.75, 3.05) is 0 Å². The number of piperidine rings is 1. The summed E-state index contributed by atoms with van der Waals surface area (Å²) >= 11 is 0. The average molecular weight is 480 g/mol. The SMILES string of the molecule is C=C1CCC(N2Cc3c(OCc4ccc(Cn5nnc6ccccc65)cc4)cccc3C2=O)C(=O)N1. The van der Waals surface area contributed by atoms with Gasteiger partial charge < -0.3 is 15.0 Å². The molecule has 3 heterocycles. The Morgan fingerprint density at radius 3 is 2.64 bits per heavy atom. The number of hydrogen-bond donors (Lipinski definition) is 1. The number of carbonyl (C=O) groups excluding carboxylic acids is 2. The third-order valence-corrected chi connectivity index (χ3v) is 6.82. The van der Waals surface area contributed by atoms with E-state index in [0.717, 1.165) is 27.7 Å². The molecule has 4 aromatic rings. The number of para-hydroxylation sites is 1. The van der Waals surface area contributed by atoms with Gasteiger partial charge in [0.2, 0.25) is 5.91 Å². The lowest BCUT2D eigenvalue weighted by molar-refractivity contribution is -0.126. The molecule has 0 spiro atoms. The lowest BCUT2D eigenvalue weighted by Gasteiger charge is -2.31. The molecule has 2 aliphatic heterocycles. The van der Waals surface area contributed by atoms with Crippen LogP contribution in [-0.2, 0) is 24.5 Å². The van der Waals surface area contributed by atoms with Gasteiger partial charge in [-0.2, -0.15) is 0 Å². The summed E-state index contributed by atoms with van der Waals surface area (Å²) in [4.78, 5) is 27.2. The number of benzene rings is 3. The molecule has 2 aliphatic rings. The Balaban J connectivity index is 1.13. The maximum Gasteiger partial charge on any atom is 0.255 e. The average Bonchev–Trinajstić information content (AvgIpc) is 3.45. The first-order chi connectivity index (χ1) is 17.6. The van der Waals surface area contributed by atoms with Crippen molar-refractivity contribution >= 4 is 22.8 Å². The first-order valence-corrected chi connectivity index (χ1v) is 12.0. The van der Waals surface area contributed by atoms with Gasteiger partial charge in [0.15, 0.2) is 0 Å². The largest absolute Gasteiger partial charge is 0.489 e. The van der Waals surface area contributed by atoms with Crippen LogP contribution in [0.1, 0.15) is 39.9 Å². The van der Waals surface area contributed by atoms with Crippen LogP contribution in [0.25, 0.3) is 11.0 Å². The van der Waals surface area contributed by atoms with E-state index in [4.69, 9.17) is 4.74 Å². The van der Waals surface area contributed by atoms with Gasteiger partial charge in [-0.05, 0) is 48.2 Å². The zero-order valence-corrected chi connectivity index (χ0v) is 19.7. The summed E-state index contributed by atoms with van der Waals surface area (Å²) in [5, 5.41) is 11.2. The second kappa shape index (κ2) is 8.96. The summed E-state index contributed by atoms with van der Waals surface area (Å²) in [7, 11) is 0. The van der Waals surface area contributed by atoms with E-state index in [-0.39, 0.29) is 11.8 Å². The normalized spacial score (nSPS) is 17.4. The maximum absolute atomic E-state index is 13.1. The third kappa shape index (κ3) is 4.00. The number of amides is 2. The third-order valence-electron chi connectivity index (χ3n) is 6.82. The van der Waals surface area contributed by atoms with Gasteiger partial charge in [0.05, 0.1) is 18.6 Å². The predicted octanol–water partition coefficient (Wildman–Crippen LogP) is 3.81. The fraction of sp³-hybridized carbons (Fsp3) is 0.214. The van der Waals surface area contributed by atoms with Crippen molar-refractivity contribution in [2.24, 2.45) is 0 Å². The molecular formula is C28H25N5O3. The number of carbonyl (C=O) groups is 2. The highest BCUT2D eigenvalue weighted by Gasteiger charge is 2.39. The molecule has 3 aromatic carbocycles. The molecule has 1 N–H and O–H groups in total. The number of rotatable bonds is 6. The topological polar surface area (TPSA) is 89.3 Å². The molecule has 1 aromatic heterocycles. The van der Waals surface area contributed by atoms with Crippen molar-refractivity contribution in [3.05, 3.63) is 101 Å². The van der Waals surface area contributed by atoms with Gasteiger partial charge in [-0.15, -0.1) is 5.10 Å². The van der Waals surface area contributed by atoms with Crippen LogP contribution in [0.3, 0.4) is 0 Å². The molecule has 36 heavy (non-hydrogen) atoms. The van der Waals surface area contributed by atoms with E-state index >= 15 is 0 Å². The Morgan fingerprint density at radius 1 is 1.00 bits per heavy atom. The van der Waals surface area contributed by atoms with E-state index in [0.29, 0.717) is 49.5 Å². The summed E-state index contributed by atoms with van der Waals surface area (Å²) in [6.07, 6.45) is 1.25. The molecule has 0 saturated carbocycles. The number of nitrogens with one attached hydrogen (secondary N) is 1. The molecule has 1 unspecified atom stereocenters. The monoisotopic (exact) mass is 479 g/mol. The first-order valence-electron chi connectivity index (χ1n) is 12.0. The molecule has 6 rings (SSSR count). The molecule has 0 aliphatic carbocycles. The Kier molecular flexibility index (Phi) is 5.48. The molecular weight excluding hydrogens is 454 g/mol. The summed E-state index contributed by atoms with van der Waals surface area (Å²) in [6.45, 7) is 5.19. The van der Waals surface area contributed by atoms with Gasteiger partial charge in [-0.3, -0.25) is 9.59 Å². The molecule has 8 heteroatoms. The lowest BCUT2D eigenvalue weighted by Crippen LogP contribution is -2.49. The van der Waals surface area contributed by atoms with E-state index < -0.39 is 6.04 Å². The summed E-state index contributed by atoms with van der Waals surface area (Å²) in [6, 6.07) is 21.1. The van der Waals surface area contributed by atoms with Crippen LogP contribution in [0.15, 0.2) is 79.0 Å². The van der Waals surface area contributed by atoms with Crippen molar-refractivity contribution < 1.29 is 14.3 Å². The molecule has 0 radical (unpaired) electrons. The van der Waals surface area contributed by atoms with Gasteiger partial charge in [-0.25, -0.2) is 4.68 Å².